The van der Waals surface area contributed by atoms with E-state index in [-0.39, 0.29) is 17.7 Å². The highest BCUT2D eigenvalue weighted by Crippen LogP contribution is 2.32. The molecule has 1 atom stereocenters. The number of piperidine rings is 2. The SMILES string of the molecule is O=C1CCN(C(=O)C2CCCN(C3CCN(C(=O)C4CC4)CC3)C2)CCN1. The molecule has 0 aromatic rings. The van der Waals surface area contributed by atoms with Crippen LogP contribution >= 0.6 is 0 Å². The molecule has 3 heterocycles. The van der Waals surface area contributed by atoms with Crippen LogP contribution in [-0.4, -0.2) is 84.3 Å². The molecule has 1 unspecified atom stereocenters. The minimum absolute atomic E-state index is 0.0445. The van der Waals surface area contributed by atoms with Crippen molar-refractivity contribution in [2.45, 2.75) is 51.0 Å². The topological polar surface area (TPSA) is 73.0 Å². The molecule has 0 aromatic heterocycles. The maximum atomic E-state index is 13.0. The molecule has 150 valence electrons. The summed E-state index contributed by atoms with van der Waals surface area (Å²) in [5.74, 6) is 0.997. The predicted molar refractivity (Wildman–Crippen MR) is 101 cm³/mol. The minimum Gasteiger partial charge on any atom is -0.354 e. The molecule has 3 amide bonds. The summed E-state index contributed by atoms with van der Waals surface area (Å²) in [7, 11) is 0. The van der Waals surface area contributed by atoms with E-state index in [2.05, 4.69) is 15.1 Å². The fourth-order valence-corrected chi connectivity index (χ4v) is 4.83. The Bertz CT molecular complexity index is 584. The van der Waals surface area contributed by atoms with E-state index in [0.717, 1.165) is 64.7 Å². The smallest absolute Gasteiger partial charge is 0.227 e. The van der Waals surface area contributed by atoms with Gasteiger partial charge in [0.05, 0.1) is 5.92 Å². The molecule has 0 aromatic carbocycles. The highest BCUT2D eigenvalue weighted by atomic mass is 16.2. The van der Waals surface area contributed by atoms with Crippen molar-refractivity contribution in [3.8, 4) is 0 Å². The van der Waals surface area contributed by atoms with Crippen LogP contribution in [0.15, 0.2) is 0 Å². The van der Waals surface area contributed by atoms with Gasteiger partial charge in [0.15, 0.2) is 0 Å². The third-order valence-electron chi connectivity index (χ3n) is 6.65. The Labute approximate surface area is 161 Å². The zero-order valence-electron chi connectivity index (χ0n) is 16.2. The molecule has 4 fully saturated rings. The van der Waals surface area contributed by atoms with Gasteiger partial charge in [-0.25, -0.2) is 0 Å². The van der Waals surface area contributed by atoms with Crippen molar-refractivity contribution in [3.63, 3.8) is 0 Å². The van der Waals surface area contributed by atoms with Crippen molar-refractivity contribution in [1.29, 1.82) is 0 Å². The predicted octanol–water partition coefficient (Wildman–Crippen LogP) is 0.448. The van der Waals surface area contributed by atoms with Gasteiger partial charge >= 0.3 is 0 Å². The first kappa shape index (κ1) is 18.7. The van der Waals surface area contributed by atoms with Crippen molar-refractivity contribution in [2.75, 3.05) is 45.8 Å². The monoisotopic (exact) mass is 376 g/mol. The van der Waals surface area contributed by atoms with E-state index in [1.54, 1.807) is 0 Å². The average molecular weight is 377 g/mol. The van der Waals surface area contributed by atoms with Gasteiger partial charge < -0.3 is 15.1 Å². The highest BCUT2D eigenvalue weighted by molar-refractivity contribution is 5.82. The molecule has 4 aliphatic rings. The summed E-state index contributed by atoms with van der Waals surface area (Å²) in [4.78, 5) is 43.2. The zero-order chi connectivity index (χ0) is 18.8. The van der Waals surface area contributed by atoms with E-state index >= 15 is 0 Å². The number of hydrogen-bond acceptors (Lipinski definition) is 4. The van der Waals surface area contributed by atoms with Crippen molar-refractivity contribution < 1.29 is 14.4 Å². The summed E-state index contributed by atoms with van der Waals surface area (Å²) in [6, 6.07) is 0.497. The molecule has 7 nitrogen and oxygen atoms in total. The molecule has 0 bridgehead atoms. The van der Waals surface area contributed by atoms with Crippen LogP contribution in [0.3, 0.4) is 0 Å². The first-order valence-electron chi connectivity index (χ1n) is 10.7. The van der Waals surface area contributed by atoms with Crippen molar-refractivity contribution >= 4 is 17.7 Å². The van der Waals surface area contributed by atoms with Gasteiger partial charge in [0, 0.05) is 57.6 Å². The van der Waals surface area contributed by atoms with Crippen LogP contribution in [-0.2, 0) is 14.4 Å². The summed E-state index contributed by atoms with van der Waals surface area (Å²) in [6.45, 7) is 5.37. The van der Waals surface area contributed by atoms with Gasteiger partial charge in [-0.05, 0) is 45.1 Å². The fraction of sp³-hybridized carbons (Fsp3) is 0.850. The standard InChI is InChI=1S/C20H32N4O3/c25-18-7-12-23(13-8-21-18)20(27)16-2-1-9-24(14-16)17-5-10-22(11-6-17)19(26)15-3-4-15/h15-17H,1-14H2,(H,21,25). The van der Waals surface area contributed by atoms with Gasteiger partial charge in [0.2, 0.25) is 17.7 Å². The van der Waals surface area contributed by atoms with Crippen LogP contribution in [0.4, 0.5) is 0 Å². The Hall–Kier alpha value is -1.63. The van der Waals surface area contributed by atoms with Crippen LogP contribution in [0.1, 0.15) is 44.9 Å². The summed E-state index contributed by atoms with van der Waals surface area (Å²) in [5.41, 5.74) is 0. The average Bonchev–Trinajstić information content (AvgIpc) is 3.55. The van der Waals surface area contributed by atoms with Crippen molar-refractivity contribution in [1.82, 2.24) is 20.0 Å². The van der Waals surface area contributed by atoms with E-state index in [9.17, 15) is 14.4 Å². The van der Waals surface area contributed by atoms with Crippen LogP contribution in [0.2, 0.25) is 0 Å². The van der Waals surface area contributed by atoms with Crippen LogP contribution in [0.25, 0.3) is 0 Å². The Kier molecular flexibility index (Phi) is 5.66. The lowest BCUT2D eigenvalue weighted by Crippen LogP contribution is -2.52. The van der Waals surface area contributed by atoms with Gasteiger partial charge in [0.1, 0.15) is 0 Å². The third kappa shape index (κ3) is 4.45. The Morgan fingerprint density at radius 3 is 2.26 bits per heavy atom. The van der Waals surface area contributed by atoms with E-state index in [4.69, 9.17) is 0 Å². The molecule has 1 N–H and O–H groups in total. The molecule has 3 saturated heterocycles. The second kappa shape index (κ2) is 8.17. The van der Waals surface area contributed by atoms with Crippen LogP contribution in [0.5, 0.6) is 0 Å². The van der Waals surface area contributed by atoms with Gasteiger partial charge in [0.25, 0.3) is 0 Å². The van der Waals surface area contributed by atoms with Gasteiger partial charge in [-0.1, -0.05) is 0 Å². The van der Waals surface area contributed by atoms with Crippen LogP contribution < -0.4 is 5.32 Å². The summed E-state index contributed by atoms with van der Waals surface area (Å²) in [6.07, 6.45) is 6.63. The lowest BCUT2D eigenvalue weighted by Gasteiger charge is -2.42. The molecule has 4 rings (SSSR count). The Balaban J connectivity index is 1.28. The molecule has 1 saturated carbocycles. The lowest BCUT2D eigenvalue weighted by atomic mass is 9.92. The number of likely N-dealkylation sites (tertiary alicyclic amines) is 2. The van der Waals surface area contributed by atoms with Crippen molar-refractivity contribution in [2.24, 2.45) is 11.8 Å². The van der Waals surface area contributed by atoms with E-state index in [0.29, 0.717) is 43.9 Å². The third-order valence-corrected chi connectivity index (χ3v) is 6.65. The molecule has 3 aliphatic heterocycles. The lowest BCUT2D eigenvalue weighted by molar-refractivity contribution is -0.137. The first-order valence-corrected chi connectivity index (χ1v) is 10.7. The largest absolute Gasteiger partial charge is 0.354 e. The van der Waals surface area contributed by atoms with Gasteiger partial charge in [-0.15, -0.1) is 0 Å². The van der Waals surface area contributed by atoms with Crippen LogP contribution in [0, 0.1) is 11.8 Å². The molecule has 1 aliphatic carbocycles. The number of nitrogens with zero attached hydrogens (tertiary/aromatic N) is 3. The number of carbonyl (C=O) groups is 3. The summed E-state index contributed by atoms with van der Waals surface area (Å²) < 4.78 is 0. The molecule has 0 radical (unpaired) electrons. The number of amides is 3. The van der Waals surface area contributed by atoms with Crippen molar-refractivity contribution in [3.05, 3.63) is 0 Å². The molecule has 27 heavy (non-hydrogen) atoms. The number of carbonyl (C=O) groups excluding carboxylic acids is 3. The number of rotatable bonds is 3. The van der Waals surface area contributed by atoms with E-state index < -0.39 is 0 Å². The van der Waals surface area contributed by atoms with Gasteiger partial charge in [-0.3, -0.25) is 19.3 Å². The maximum absolute atomic E-state index is 13.0. The maximum Gasteiger partial charge on any atom is 0.227 e. The number of nitrogens with one attached hydrogen (secondary N) is 1. The normalized spacial score (nSPS) is 28.6. The fourth-order valence-electron chi connectivity index (χ4n) is 4.83. The molecule has 0 spiro atoms. The van der Waals surface area contributed by atoms with Gasteiger partial charge in [-0.2, -0.15) is 0 Å². The molecule has 7 heteroatoms. The van der Waals surface area contributed by atoms with E-state index in [1.807, 2.05) is 4.90 Å². The highest BCUT2D eigenvalue weighted by Gasteiger charge is 2.37. The quantitative estimate of drug-likeness (QED) is 0.776. The second-order valence-corrected chi connectivity index (χ2v) is 8.59. The minimum atomic E-state index is 0.0445. The summed E-state index contributed by atoms with van der Waals surface area (Å²) in [5, 5.41) is 2.84. The zero-order valence-corrected chi connectivity index (χ0v) is 16.2. The second-order valence-electron chi connectivity index (χ2n) is 8.59. The Morgan fingerprint density at radius 2 is 1.52 bits per heavy atom. The first-order chi connectivity index (χ1) is 13.1. The summed E-state index contributed by atoms with van der Waals surface area (Å²) >= 11 is 0. The molecular weight excluding hydrogens is 344 g/mol. The number of hydrogen-bond donors (Lipinski definition) is 1. The van der Waals surface area contributed by atoms with E-state index in [1.165, 1.54) is 0 Å². The molecular formula is C20H32N4O3. The Morgan fingerprint density at radius 1 is 0.815 bits per heavy atom.